The van der Waals surface area contributed by atoms with E-state index in [2.05, 4.69) is 17.0 Å². The van der Waals surface area contributed by atoms with Gasteiger partial charge in [0.1, 0.15) is 0 Å². The Morgan fingerprint density at radius 1 is 1.32 bits per heavy atom. The Balaban J connectivity index is 1.94. The van der Waals surface area contributed by atoms with E-state index >= 15 is 0 Å². The van der Waals surface area contributed by atoms with Crippen molar-refractivity contribution in [2.75, 3.05) is 7.05 Å². The molecule has 1 aromatic carbocycles. The maximum atomic E-state index is 11.6. The van der Waals surface area contributed by atoms with Crippen LogP contribution in [0.1, 0.15) is 18.9 Å². The van der Waals surface area contributed by atoms with Crippen LogP contribution in [0.4, 0.5) is 0 Å². The Morgan fingerprint density at radius 2 is 1.89 bits per heavy atom. The minimum Gasteiger partial charge on any atom is -0.352 e. The Kier molecular flexibility index (Phi) is 3.91. The lowest BCUT2D eigenvalue weighted by Crippen LogP contribution is -2.25. The molecular formula is C13H18N2O3S. The van der Waals surface area contributed by atoms with Crippen LogP contribution in [0.5, 0.6) is 0 Å². The average molecular weight is 282 g/mol. The standard InChI is InChI=1S/C13H18N2O3S/c1-9-7-12(9)13(16)15-8-10-3-5-11(6-4-10)19(17,18)14-2/h3-6,9,12,14H,7-8H2,1-2H3,(H,15,16). The number of amides is 1. The third kappa shape index (κ3) is 3.33. The monoisotopic (exact) mass is 282 g/mol. The number of rotatable bonds is 5. The fraction of sp³-hybridized carbons (Fsp3) is 0.462. The van der Waals surface area contributed by atoms with Gasteiger partial charge in [-0.05, 0) is 37.1 Å². The zero-order valence-electron chi connectivity index (χ0n) is 11.0. The molecule has 6 heteroatoms. The first kappa shape index (κ1) is 14.0. The van der Waals surface area contributed by atoms with Crippen LogP contribution < -0.4 is 10.0 Å². The lowest BCUT2D eigenvalue weighted by atomic mass is 10.2. The van der Waals surface area contributed by atoms with E-state index in [4.69, 9.17) is 0 Å². The average Bonchev–Trinajstić information content (AvgIpc) is 3.14. The quantitative estimate of drug-likeness (QED) is 0.841. The van der Waals surface area contributed by atoms with Gasteiger partial charge < -0.3 is 5.32 Å². The molecule has 0 radical (unpaired) electrons. The van der Waals surface area contributed by atoms with Gasteiger partial charge in [-0.2, -0.15) is 0 Å². The summed E-state index contributed by atoms with van der Waals surface area (Å²) in [6, 6.07) is 6.49. The number of hydrogen-bond acceptors (Lipinski definition) is 3. The minimum atomic E-state index is -3.39. The highest BCUT2D eigenvalue weighted by atomic mass is 32.2. The van der Waals surface area contributed by atoms with Crippen molar-refractivity contribution in [3.8, 4) is 0 Å². The fourth-order valence-corrected chi connectivity index (χ4v) is 2.64. The van der Waals surface area contributed by atoms with Gasteiger partial charge in [-0.3, -0.25) is 4.79 Å². The van der Waals surface area contributed by atoms with Crippen molar-refractivity contribution < 1.29 is 13.2 Å². The largest absolute Gasteiger partial charge is 0.352 e. The molecule has 0 aliphatic heterocycles. The fourth-order valence-electron chi connectivity index (χ4n) is 1.91. The molecule has 2 N–H and O–H groups in total. The highest BCUT2D eigenvalue weighted by Crippen LogP contribution is 2.37. The zero-order valence-corrected chi connectivity index (χ0v) is 11.8. The van der Waals surface area contributed by atoms with Crippen molar-refractivity contribution >= 4 is 15.9 Å². The maximum Gasteiger partial charge on any atom is 0.240 e. The molecule has 1 amide bonds. The van der Waals surface area contributed by atoms with E-state index in [1.54, 1.807) is 12.1 Å². The van der Waals surface area contributed by atoms with Crippen LogP contribution in [-0.4, -0.2) is 21.4 Å². The van der Waals surface area contributed by atoms with Crippen molar-refractivity contribution in [2.45, 2.75) is 24.8 Å². The van der Waals surface area contributed by atoms with Crippen molar-refractivity contribution in [3.63, 3.8) is 0 Å². The van der Waals surface area contributed by atoms with E-state index < -0.39 is 10.0 Å². The summed E-state index contributed by atoms with van der Waals surface area (Å²) in [6.07, 6.45) is 0.963. The molecule has 2 atom stereocenters. The molecule has 2 rings (SSSR count). The van der Waals surface area contributed by atoms with Crippen LogP contribution in [0.25, 0.3) is 0 Å². The predicted octanol–water partition coefficient (Wildman–Crippen LogP) is 0.867. The summed E-state index contributed by atoms with van der Waals surface area (Å²) in [4.78, 5) is 11.9. The van der Waals surface area contributed by atoms with Gasteiger partial charge in [0.05, 0.1) is 4.90 Å². The number of sulfonamides is 1. The van der Waals surface area contributed by atoms with Gasteiger partial charge in [-0.1, -0.05) is 19.1 Å². The second-order valence-corrected chi connectivity index (χ2v) is 6.78. The molecular weight excluding hydrogens is 264 g/mol. The summed E-state index contributed by atoms with van der Waals surface area (Å²) in [5.74, 6) is 0.728. The molecule has 1 saturated carbocycles. The van der Waals surface area contributed by atoms with Crippen molar-refractivity contribution in [1.29, 1.82) is 0 Å². The molecule has 0 saturated heterocycles. The van der Waals surface area contributed by atoms with Crippen molar-refractivity contribution in [2.24, 2.45) is 11.8 Å². The van der Waals surface area contributed by atoms with E-state index in [0.29, 0.717) is 12.5 Å². The van der Waals surface area contributed by atoms with E-state index in [-0.39, 0.29) is 16.7 Å². The molecule has 0 bridgehead atoms. The molecule has 5 nitrogen and oxygen atoms in total. The molecule has 1 fully saturated rings. The highest BCUT2D eigenvalue weighted by molar-refractivity contribution is 7.89. The molecule has 19 heavy (non-hydrogen) atoms. The normalized spacial score (nSPS) is 22.0. The van der Waals surface area contributed by atoms with Crippen LogP contribution in [0.3, 0.4) is 0 Å². The van der Waals surface area contributed by atoms with Crippen LogP contribution >= 0.6 is 0 Å². The highest BCUT2D eigenvalue weighted by Gasteiger charge is 2.38. The number of benzene rings is 1. The van der Waals surface area contributed by atoms with Gasteiger partial charge in [0.2, 0.25) is 15.9 Å². The third-order valence-corrected chi connectivity index (χ3v) is 4.85. The SMILES string of the molecule is CNS(=O)(=O)c1ccc(CNC(=O)C2CC2C)cc1. The predicted molar refractivity (Wildman–Crippen MR) is 71.8 cm³/mol. The first-order valence-corrected chi connectivity index (χ1v) is 7.72. The van der Waals surface area contributed by atoms with E-state index in [1.165, 1.54) is 19.2 Å². The minimum absolute atomic E-state index is 0.0828. The summed E-state index contributed by atoms with van der Waals surface area (Å²) >= 11 is 0. The summed E-state index contributed by atoms with van der Waals surface area (Å²) < 4.78 is 25.3. The topological polar surface area (TPSA) is 75.3 Å². The Hall–Kier alpha value is -1.40. The number of carbonyl (C=O) groups excluding carboxylic acids is 1. The zero-order chi connectivity index (χ0) is 14.0. The maximum absolute atomic E-state index is 11.6. The Labute approximate surface area is 113 Å². The molecule has 104 valence electrons. The van der Waals surface area contributed by atoms with Crippen molar-refractivity contribution in [3.05, 3.63) is 29.8 Å². The van der Waals surface area contributed by atoms with E-state index in [0.717, 1.165) is 12.0 Å². The summed E-state index contributed by atoms with van der Waals surface area (Å²) in [7, 11) is -2.02. The van der Waals surface area contributed by atoms with Crippen molar-refractivity contribution in [1.82, 2.24) is 10.0 Å². The second-order valence-electron chi connectivity index (χ2n) is 4.89. The van der Waals surface area contributed by atoms with Crippen LogP contribution in [0, 0.1) is 11.8 Å². The molecule has 0 aromatic heterocycles. The van der Waals surface area contributed by atoms with Gasteiger partial charge in [0.15, 0.2) is 0 Å². The van der Waals surface area contributed by atoms with Crippen LogP contribution in [0.15, 0.2) is 29.2 Å². The molecule has 2 unspecified atom stereocenters. The van der Waals surface area contributed by atoms with Gasteiger partial charge >= 0.3 is 0 Å². The Morgan fingerprint density at radius 3 is 2.37 bits per heavy atom. The third-order valence-electron chi connectivity index (χ3n) is 3.42. The first-order chi connectivity index (χ1) is 8.94. The number of hydrogen-bond donors (Lipinski definition) is 2. The lowest BCUT2D eigenvalue weighted by Gasteiger charge is -2.06. The number of carbonyl (C=O) groups is 1. The van der Waals surface area contributed by atoms with Gasteiger partial charge in [-0.15, -0.1) is 0 Å². The van der Waals surface area contributed by atoms with Gasteiger partial charge in [0.25, 0.3) is 0 Å². The van der Waals surface area contributed by atoms with Crippen LogP contribution in [0.2, 0.25) is 0 Å². The molecule has 1 aliphatic carbocycles. The first-order valence-electron chi connectivity index (χ1n) is 6.24. The molecule has 0 heterocycles. The Bertz CT molecular complexity index is 566. The molecule has 1 aromatic rings. The van der Waals surface area contributed by atoms with E-state index in [1.807, 2.05) is 0 Å². The summed E-state index contributed by atoms with van der Waals surface area (Å²) in [5, 5.41) is 2.86. The number of nitrogens with one attached hydrogen (secondary N) is 2. The smallest absolute Gasteiger partial charge is 0.240 e. The summed E-state index contributed by atoms with van der Waals surface area (Å²) in [6.45, 7) is 2.49. The van der Waals surface area contributed by atoms with E-state index in [9.17, 15) is 13.2 Å². The summed E-state index contributed by atoms with van der Waals surface area (Å²) in [5.41, 5.74) is 0.886. The van der Waals surface area contributed by atoms with Gasteiger partial charge in [0, 0.05) is 12.5 Å². The van der Waals surface area contributed by atoms with Gasteiger partial charge in [-0.25, -0.2) is 13.1 Å². The lowest BCUT2D eigenvalue weighted by molar-refractivity contribution is -0.122. The second kappa shape index (κ2) is 5.30. The molecule has 0 spiro atoms. The van der Waals surface area contributed by atoms with Crippen LogP contribution in [-0.2, 0) is 21.4 Å². The molecule has 1 aliphatic rings.